The molecule has 4 rings (SSSR count). The molecule has 3 aromatic rings. The third kappa shape index (κ3) is 5.35. The molecule has 0 spiro atoms. The van der Waals surface area contributed by atoms with Crippen LogP contribution in [0.2, 0.25) is 0 Å². The molecule has 0 amide bonds. The van der Waals surface area contributed by atoms with Crippen molar-refractivity contribution >= 4 is 22.7 Å². The summed E-state index contributed by atoms with van der Waals surface area (Å²) in [6.07, 6.45) is 4.95. The Hall–Kier alpha value is -3.06. The summed E-state index contributed by atoms with van der Waals surface area (Å²) in [5, 5.41) is 8.15. The zero-order valence-corrected chi connectivity index (χ0v) is 18.8. The Morgan fingerprint density at radius 2 is 1.97 bits per heavy atom. The molecule has 0 atom stereocenters. The van der Waals surface area contributed by atoms with E-state index in [1.165, 1.54) is 27.6 Å². The van der Waals surface area contributed by atoms with Gasteiger partial charge in [-0.25, -0.2) is 4.98 Å². The van der Waals surface area contributed by atoms with Crippen molar-refractivity contribution in [2.45, 2.75) is 19.9 Å². The number of rotatable bonds is 6. The van der Waals surface area contributed by atoms with Gasteiger partial charge in [0, 0.05) is 69.6 Å². The highest BCUT2D eigenvalue weighted by Crippen LogP contribution is 2.19. The van der Waals surface area contributed by atoms with Crippen LogP contribution in [0.25, 0.3) is 10.9 Å². The first kappa shape index (κ1) is 21.2. The van der Waals surface area contributed by atoms with Crippen LogP contribution in [0.4, 0.5) is 5.82 Å². The average molecular weight is 420 g/mol. The van der Waals surface area contributed by atoms with Crippen molar-refractivity contribution in [2.75, 3.05) is 51.7 Å². The zero-order chi connectivity index (χ0) is 21.6. The Bertz CT molecular complexity index is 1030. The van der Waals surface area contributed by atoms with Crippen molar-refractivity contribution in [3.05, 3.63) is 59.4 Å². The van der Waals surface area contributed by atoms with Crippen molar-refractivity contribution in [1.82, 2.24) is 25.5 Å². The van der Waals surface area contributed by atoms with E-state index >= 15 is 0 Å². The van der Waals surface area contributed by atoms with Crippen LogP contribution < -0.4 is 15.5 Å². The van der Waals surface area contributed by atoms with Crippen LogP contribution in [0.1, 0.15) is 16.7 Å². The summed E-state index contributed by atoms with van der Waals surface area (Å²) in [7, 11) is 3.98. The molecule has 31 heavy (non-hydrogen) atoms. The Kier molecular flexibility index (Phi) is 6.72. The molecule has 0 saturated carbocycles. The smallest absolute Gasteiger partial charge is 0.191 e. The second-order valence-corrected chi connectivity index (χ2v) is 8.28. The van der Waals surface area contributed by atoms with Gasteiger partial charge < -0.3 is 25.4 Å². The molecule has 3 heterocycles. The number of hydrogen-bond donors (Lipinski definition) is 3. The monoisotopic (exact) mass is 419 g/mol. The first-order valence-electron chi connectivity index (χ1n) is 11.0. The van der Waals surface area contributed by atoms with E-state index in [1.807, 2.05) is 13.2 Å². The lowest BCUT2D eigenvalue weighted by Crippen LogP contribution is -2.44. The van der Waals surface area contributed by atoms with Gasteiger partial charge in [0.1, 0.15) is 5.82 Å². The average Bonchev–Trinajstić information content (AvgIpc) is 3.18. The van der Waals surface area contributed by atoms with Crippen LogP contribution >= 0.6 is 0 Å². The van der Waals surface area contributed by atoms with Crippen molar-refractivity contribution in [1.29, 1.82) is 0 Å². The molecule has 1 aliphatic rings. The fourth-order valence-corrected chi connectivity index (χ4v) is 4.01. The quantitative estimate of drug-likeness (QED) is 0.423. The van der Waals surface area contributed by atoms with Gasteiger partial charge in [-0.2, -0.15) is 0 Å². The molecule has 0 bridgehead atoms. The standard InChI is InChI=1S/C24H33N7/c1-18-4-5-21-20(17-28-22(21)14-18)7-9-27-24(25-2)29-16-19-6-8-26-23(15-19)31-12-10-30(3)11-13-31/h4-6,8,14-15,17,28H,7,9-13,16H2,1-3H3,(H2,25,27,29). The van der Waals surface area contributed by atoms with E-state index in [-0.39, 0.29) is 0 Å². The number of guanidine groups is 1. The first-order valence-corrected chi connectivity index (χ1v) is 11.0. The number of nitrogens with one attached hydrogen (secondary N) is 3. The number of aromatic nitrogens is 2. The fraction of sp³-hybridized carbons (Fsp3) is 0.417. The lowest BCUT2D eigenvalue weighted by atomic mass is 10.1. The lowest BCUT2D eigenvalue weighted by Gasteiger charge is -2.33. The number of fused-ring (bicyclic) bond motifs is 1. The molecule has 3 N–H and O–H groups in total. The Morgan fingerprint density at radius 3 is 2.77 bits per heavy atom. The molecule has 7 nitrogen and oxygen atoms in total. The van der Waals surface area contributed by atoms with E-state index in [0.29, 0.717) is 0 Å². The van der Waals surface area contributed by atoms with Crippen LogP contribution in [-0.4, -0.2) is 67.6 Å². The van der Waals surface area contributed by atoms with E-state index < -0.39 is 0 Å². The Morgan fingerprint density at radius 1 is 1.13 bits per heavy atom. The van der Waals surface area contributed by atoms with E-state index in [2.05, 4.69) is 85.9 Å². The molecule has 0 radical (unpaired) electrons. The summed E-state index contributed by atoms with van der Waals surface area (Å²) in [5.74, 6) is 1.87. The summed E-state index contributed by atoms with van der Waals surface area (Å²) in [6.45, 7) is 7.87. The highest BCUT2D eigenvalue weighted by molar-refractivity contribution is 5.84. The molecule has 1 fully saturated rings. The first-order chi connectivity index (χ1) is 15.1. The van der Waals surface area contributed by atoms with Crippen LogP contribution in [0, 0.1) is 6.92 Å². The summed E-state index contributed by atoms with van der Waals surface area (Å²) in [6, 6.07) is 10.8. The van der Waals surface area contributed by atoms with Crippen molar-refractivity contribution in [2.24, 2.45) is 4.99 Å². The summed E-state index contributed by atoms with van der Waals surface area (Å²) < 4.78 is 0. The third-order valence-electron chi connectivity index (χ3n) is 5.93. The maximum atomic E-state index is 4.57. The van der Waals surface area contributed by atoms with Gasteiger partial charge in [-0.3, -0.25) is 4.99 Å². The van der Waals surface area contributed by atoms with E-state index in [4.69, 9.17) is 0 Å². The highest BCUT2D eigenvalue weighted by atomic mass is 15.3. The van der Waals surface area contributed by atoms with Gasteiger partial charge in [0.25, 0.3) is 0 Å². The summed E-state index contributed by atoms with van der Waals surface area (Å²) >= 11 is 0. The van der Waals surface area contributed by atoms with E-state index in [1.54, 1.807) is 0 Å². The molecule has 1 aromatic carbocycles. The molecule has 1 aliphatic heterocycles. The van der Waals surface area contributed by atoms with Gasteiger partial charge in [0.15, 0.2) is 5.96 Å². The number of aromatic amines is 1. The van der Waals surface area contributed by atoms with Gasteiger partial charge >= 0.3 is 0 Å². The number of pyridine rings is 1. The molecular formula is C24H33N7. The van der Waals surface area contributed by atoms with E-state index in [9.17, 15) is 0 Å². The van der Waals surface area contributed by atoms with Crippen LogP contribution in [0.3, 0.4) is 0 Å². The predicted molar refractivity (Wildman–Crippen MR) is 129 cm³/mol. The topological polar surface area (TPSA) is 71.6 Å². The van der Waals surface area contributed by atoms with E-state index in [0.717, 1.165) is 57.5 Å². The van der Waals surface area contributed by atoms with Gasteiger partial charge in [-0.15, -0.1) is 0 Å². The third-order valence-corrected chi connectivity index (χ3v) is 5.93. The van der Waals surface area contributed by atoms with Crippen molar-refractivity contribution in [3.8, 4) is 0 Å². The Balaban J connectivity index is 1.28. The number of aliphatic imine (C=N–C) groups is 1. The van der Waals surface area contributed by atoms with Crippen molar-refractivity contribution < 1.29 is 0 Å². The predicted octanol–water partition coefficient (Wildman–Crippen LogP) is 2.53. The lowest BCUT2D eigenvalue weighted by molar-refractivity contribution is 0.312. The molecular weight excluding hydrogens is 386 g/mol. The van der Waals surface area contributed by atoms with Gasteiger partial charge in [-0.1, -0.05) is 12.1 Å². The maximum Gasteiger partial charge on any atom is 0.191 e. The maximum absolute atomic E-state index is 4.57. The van der Waals surface area contributed by atoms with Gasteiger partial charge in [0.05, 0.1) is 0 Å². The summed E-state index contributed by atoms with van der Waals surface area (Å²) in [5.41, 5.74) is 5.00. The SMILES string of the molecule is CN=C(NCCc1c[nH]c2cc(C)ccc12)NCc1ccnc(N2CCN(C)CC2)c1. The number of H-pyrrole nitrogens is 1. The molecule has 1 saturated heterocycles. The molecule has 7 heteroatoms. The highest BCUT2D eigenvalue weighted by Gasteiger charge is 2.15. The van der Waals surface area contributed by atoms with Crippen LogP contribution in [0.15, 0.2) is 47.7 Å². The minimum Gasteiger partial charge on any atom is -0.361 e. The second kappa shape index (κ2) is 9.83. The largest absolute Gasteiger partial charge is 0.361 e. The molecule has 0 unspecified atom stereocenters. The Labute approximate surface area is 184 Å². The normalized spacial score (nSPS) is 15.5. The zero-order valence-electron chi connectivity index (χ0n) is 18.8. The van der Waals surface area contributed by atoms with Crippen molar-refractivity contribution in [3.63, 3.8) is 0 Å². The van der Waals surface area contributed by atoms with Gasteiger partial charge in [-0.05, 0) is 55.3 Å². The number of nitrogens with zero attached hydrogens (tertiary/aromatic N) is 4. The molecule has 164 valence electrons. The molecule has 0 aliphatic carbocycles. The summed E-state index contributed by atoms with van der Waals surface area (Å²) in [4.78, 5) is 17.0. The van der Waals surface area contributed by atoms with Crippen LogP contribution in [0.5, 0.6) is 0 Å². The number of likely N-dealkylation sites (N-methyl/N-ethyl adjacent to an activating group) is 1. The fourth-order valence-electron chi connectivity index (χ4n) is 4.01. The number of piperazine rings is 1. The number of aryl methyl sites for hydroxylation is 1. The number of anilines is 1. The number of hydrogen-bond acceptors (Lipinski definition) is 4. The minimum atomic E-state index is 0.718. The van der Waals surface area contributed by atoms with Gasteiger partial charge in [0.2, 0.25) is 0 Å². The number of benzene rings is 1. The van der Waals surface area contributed by atoms with Crippen LogP contribution in [-0.2, 0) is 13.0 Å². The molecule has 2 aromatic heterocycles. The second-order valence-electron chi connectivity index (χ2n) is 8.28. The minimum absolute atomic E-state index is 0.718.